The van der Waals surface area contributed by atoms with Gasteiger partial charge in [0, 0.05) is 30.2 Å². The van der Waals surface area contributed by atoms with Gasteiger partial charge in [0.1, 0.15) is 0 Å². The van der Waals surface area contributed by atoms with Crippen LogP contribution in [-0.2, 0) is 16.9 Å². The number of benzene rings is 1. The van der Waals surface area contributed by atoms with Crippen molar-refractivity contribution < 1.29 is 9.90 Å². The van der Waals surface area contributed by atoms with Crippen LogP contribution in [0, 0.1) is 0 Å². The molecule has 18 heavy (non-hydrogen) atoms. The first-order valence-electron chi connectivity index (χ1n) is 5.83. The van der Waals surface area contributed by atoms with Crippen molar-refractivity contribution in [1.29, 1.82) is 0 Å². The number of amides is 1. The minimum absolute atomic E-state index is 0.354. The number of para-hydroxylation sites is 1. The summed E-state index contributed by atoms with van der Waals surface area (Å²) in [6, 6.07) is 7.12. The van der Waals surface area contributed by atoms with Crippen molar-refractivity contribution >= 4 is 11.6 Å². The molecule has 1 aromatic carbocycles. The Morgan fingerprint density at radius 1 is 1.44 bits per heavy atom. The molecule has 0 fully saturated rings. The average Bonchev–Trinajstić information content (AvgIpc) is 2.95. The normalized spacial score (nSPS) is 21.8. The molecule has 1 unspecified atom stereocenters. The average molecular weight is 243 g/mol. The molecule has 5 heteroatoms. The first kappa shape index (κ1) is 11.0. The van der Waals surface area contributed by atoms with Gasteiger partial charge in [0.15, 0.2) is 5.82 Å². The quantitative estimate of drug-likeness (QED) is 0.829. The van der Waals surface area contributed by atoms with Crippen LogP contribution in [0.2, 0.25) is 0 Å². The molecule has 1 atom stereocenters. The van der Waals surface area contributed by atoms with Crippen LogP contribution >= 0.6 is 0 Å². The highest BCUT2D eigenvalue weighted by Gasteiger charge is 2.49. The van der Waals surface area contributed by atoms with E-state index in [1.165, 1.54) is 0 Å². The number of carbonyl (C=O) groups is 1. The van der Waals surface area contributed by atoms with Crippen molar-refractivity contribution in [3.63, 3.8) is 0 Å². The topological polar surface area (TPSA) is 67.1 Å². The Labute approximate surface area is 104 Å². The summed E-state index contributed by atoms with van der Waals surface area (Å²) in [5, 5.41) is 13.5. The van der Waals surface area contributed by atoms with Gasteiger partial charge in [-0.05, 0) is 13.0 Å². The number of aryl methyl sites for hydroxylation is 1. The fourth-order valence-corrected chi connectivity index (χ4v) is 2.35. The number of anilines is 1. The maximum Gasteiger partial charge on any atom is 0.269 e. The fraction of sp³-hybridized carbons (Fsp3) is 0.231. The van der Waals surface area contributed by atoms with Gasteiger partial charge < -0.3 is 15.0 Å². The van der Waals surface area contributed by atoms with Gasteiger partial charge in [-0.25, -0.2) is 4.98 Å². The highest BCUT2D eigenvalue weighted by molar-refractivity contribution is 6.06. The second kappa shape index (κ2) is 3.68. The van der Waals surface area contributed by atoms with Crippen LogP contribution in [0.15, 0.2) is 36.7 Å². The standard InChI is InChI=1S/C13H13N3O2/c1-2-16-8-7-14-11(16)13(18)9-5-3-4-6-10(9)15-12(13)17/h3-8,18H,2H2,1H3,(H,15,17). The molecule has 0 spiro atoms. The summed E-state index contributed by atoms with van der Waals surface area (Å²) >= 11 is 0. The predicted molar refractivity (Wildman–Crippen MR) is 66.0 cm³/mol. The van der Waals surface area contributed by atoms with Gasteiger partial charge in [-0.2, -0.15) is 0 Å². The molecule has 0 aliphatic carbocycles. The van der Waals surface area contributed by atoms with E-state index in [1.807, 2.05) is 13.0 Å². The van der Waals surface area contributed by atoms with E-state index in [2.05, 4.69) is 10.3 Å². The Morgan fingerprint density at radius 2 is 2.22 bits per heavy atom. The summed E-state index contributed by atoms with van der Waals surface area (Å²) in [5.41, 5.74) is -0.512. The summed E-state index contributed by atoms with van der Waals surface area (Å²) in [4.78, 5) is 16.2. The molecule has 1 amide bonds. The Hall–Kier alpha value is -2.14. The number of nitrogens with one attached hydrogen (secondary N) is 1. The van der Waals surface area contributed by atoms with E-state index in [1.54, 1.807) is 35.2 Å². The second-order valence-corrected chi connectivity index (χ2v) is 4.25. The van der Waals surface area contributed by atoms with E-state index in [-0.39, 0.29) is 0 Å². The molecule has 92 valence electrons. The highest BCUT2D eigenvalue weighted by Crippen LogP contribution is 2.39. The van der Waals surface area contributed by atoms with Crippen molar-refractivity contribution in [3.05, 3.63) is 48.0 Å². The van der Waals surface area contributed by atoms with Crippen LogP contribution in [-0.4, -0.2) is 20.6 Å². The van der Waals surface area contributed by atoms with E-state index in [0.717, 1.165) is 0 Å². The van der Waals surface area contributed by atoms with Crippen LogP contribution in [0.4, 0.5) is 5.69 Å². The summed E-state index contributed by atoms with van der Waals surface area (Å²) in [7, 11) is 0. The number of aromatic nitrogens is 2. The second-order valence-electron chi connectivity index (χ2n) is 4.25. The zero-order chi connectivity index (χ0) is 12.8. The van der Waals surface area contributed by atoms with Gasteiger partial charge in [0.2, 0.25) is 5.60 Å². The van der Waals surface area contributed by atoms with E-state index in [9.17, 15) is 9.90 Å². The van der Waals surface area contributed by atoms with E-state index in [4.69, 9.17) is 0 Å². The smallest absolute Gasteiger partial charge is 0.269 e. The number of hydrogen-bond acceptors (Lipinski definition) is 3. The first-order valence-corrected chi connectivity index (χ1v) is 5.83. The molecule has 0 saturated heterocycles. The number of aliphatic hydroxyl groups is 1. The van der Waals surface area contributed by atoms with Gasteiger partial charge >= 0.3 is 0 Å². The Kier molecular flexibility index (Phi) is 2.24. The molecule has 0 bridgehead atoms. The van der Waals surface area contributed by atoms with Crippen molar-refractivity contribution in [2.45, 2.75) is 19.1 Å². The van der Waals surface area contributed by atoms with E-state index < -0.39 is 11.5 Å². The third-order valence-electron chi connectivity index (χ3n) is 3.27. The van der Waals surface area contributed by atoms with Crippen LogP contribution < -0.4 is 5.32 Å². The zero-order valence-electron chi connectivity index (χ0n) is 9.92. The fourth-order valence-electron chi connectivity index (χ4n) is 2.35. The zero-order valence-corrected chi connectivity index (χ0v) is 9.92. The highest BCUT2D eigenvalue weighted by atomic mass is 16.3. The largest absolute Gasteiger partial charge is 0.369 e. The monoisotopic (exact) mass is 243 g/mol. The molecule has 5 nitrogen and oxygen atoms in total. The molecule has 1 aliphatic rings. The molecule has 2 aromatic rings. The molecular weight excluding hydrogens is 230 g/mol. The maximum atomic E-state index is 12.1. The van der Waals surface area contributed by atoms with Crippen molar-refractivity contribution in [2.75, 3.05) is 5.32 Å². The Balaban J connectivity index is 2.24. The van der Waals surface area contributed by atoms with Gasteiger partial charge in [0.05, 0.1) is 0 Å². The number of rotatable bonds is 2. The van der Waals surface area contributed by atoms with E-state index in [0.29, 0.717) is 23.6 Å². The van der Waals surface area contributed by atoms with Crippen molar-refractivity contribution in [2.24, 2.45) is 0 Å². The molecule has 3 rings (SSSR count). The lowest BCUT2D eigenvalue weighted by Crippen LogP contribution is -2.38. The van der Waals surface area contributed by atoms with Crippen LogP contribution in [0.3, 0.4) is 0 Å². The molecule has 2 heterocycles. The Morgan fingerprint density at radius 3 is 3.00 bits per heavy atom. The predicted octanol–water partition coefficient (Wildman–Crippen LogP) is 1.09. The van der Waals surface area contributed by atoms with Crippen molar-refractivity contribution in [1.82, 2.24) is 9.55 Å². The maximum absolute atomic E-state index is 12.1. The number of imidazole rings is 1. The van der Waals surface area contributed by atoms with Gasteiger partial charge in [-0.15, -0.1) is 0 Å². The van der Waals surface area contributed by atoms with Crippen LogP contribution in [0.1, 0.15) is 18.3 Å². The lowest BCUT2D eigenvalue weighted by Gasteiger charge is -2.21. The molecule has 0 radical (unpaired) electrons. The third-order valence-corrected chi connectivity index (χ3v) is 3.27. The summed E-state index contributed by atoms with van der Waals surface area (Å²) < 4.78 is 1.77. The molecule has 1 aliphatic heterocycles. The lowest BCUT2D eigenvalue weighted by atomic mass is 9.94. The van der Waals surface area contributed by atoms with Crippen LogP contribution in [0.5, 0.6) is 0 Å². The summed E-state index contributed by atoms with van der Waals surface area (Å²) in [6.07, 6.45) is 3.34. The summed E-state index contributed by atoms with van der Waals surface area (Å²) in [6.45, 7) is 2.58. The SMILES string of the molecule is CCn1ccnc1C1(O)C(=O)Nc2ccccc21. The van der Waals surface area contributed by atoms with Crippen molar-refractivity contribution in [3.8, 4) is 0 Å². The summed E-state index contributed by atoms with van der Waals surface area (Å²) in [5.74, 6) is -0.1000. The van der Waals surface area contributed by atoms with Crippen LogP contribution in [0.25, 0.3) is 0 Å². The van der Waals surface area contributed by atoms with Gasteiger partial charge in [-0.3, -0.25) is 4.79 Å². The number of nitrogens with zero attached hydrogens (tertiary/aromatic N) is 2. The molecule has 0 saturated carbocycles. The molecule has 2 N–H and O–H groups in total. The number of hydrogen-bond donors (Lipinski definition) is 2. The number of carbonyl (C=O) groups excluding carboxylic acids is 1. The Bertz CT molecular complexity index is 620. The third kappa shape index (κ3) is 1.25. The minimum atomic E-state index is -1.70. The van der Waals surface area contributed by atoms with E-state index >= 15 is 0 Å². The minimum Gasteiger partial charge on any atom is -0.369 e. The lowest BCUT2D eigenvalue weighted by molar-refractivity contribution is -0.130. The van der Waals surface area contributed by atoms with Gasteiger partial charge in [0.25, 0.3) is 5.91 Å². The van der Waals surface area contributed by atoms with Gasteiger partial charge in [-0.1, -0.05) is 18.2 Å². The first-order chi connectivity index (χ1) is 8.67. The number of fused-ring (bicyclic) bond motifs is 1. The molecule has 1 aromatic heterocycles. The molecular formula is C13H13N3O2.